The van der Waals surface area contributed by atoms with E-state index >= 15 is 0 Å². The summed E-state index contributed by atoms with van der Waals surface area (Å²) >= 11 is 0. The fraction of sp³-hybridized carbons (Fsp3) is 0.562. The highest BCUT2D eigenvalue weighted by atomic mass is 16.5. The Kier molecular flexibility index (Phi) is 5.87. The van der Waals surface area contributed by atoms with Crippen LogP contribution in [0, 0.1) is 0 Å². The molecule has 4 heteroatoms. The van der Waals surface area contributed by atoms with Crippen molar-refractivity contribution >= 4 is 5.91 Å². The van der Waals surface area contributed by atoms with Crippen molar-refractivity contribution in [3.8, 4) is 5.75 Å². The Morgan fingerprint density at radius 3 is 2.65 bits per heavy atom. The van der Waals surface area contributed by atoms with E-state index < -0.39 is 0 Å². The molecule has 1 amide bonds. The van der Waals surface area contributed by atoms with Gasteiger partial charge in [-0.25, -0.2) is 0 Å². The first kappa shape index (κ1) is 14.9. The lowest BCUT2D eigenvalue weighted by Crippen LogP contribution is -2.42. The standard InChI is InChI=1S/C16H24N2O2/c1-20-15-7-5-13(6-8-15)3-2-4-16(19)18-14-9-11-17-12-10-14/h5-8,14,17H,2-4,9-12H2,1H3,(H,18,19). The number of rotatable bonds is 6. The minimum atomic E-state index is 0.186. The summed E-state index contributed by atoms with van der Waals surface area (Å²) in [4.78, 5) is 11.9. The number of amides is 1. The van der Waals surface area contributed by atoms with E-state index in [0.29, 0.717) is 12.5 Å². The summed E-state index contributed by atoms with van der Waals surface area (Å²) in [5.41, 5.74) is 1.25. The molecule has 2 rings (SSSR count). The van der Waals surface area contributed by atoms with Crippen LogP contribution in [0.15, 0.2) is 24.3 Å². The zero-order valence-electron chi connectivity index (χ0n) is 12.2. The smallest absolute Gasteiger partial charge is 0.220 e. The predicted octanol–water partition coefficient (Wildman–Crippen LogP) is 1.89. The Morgan fingerprint density at radius 1 is 1.30 bits per heavy atom. The maximum absolute atomic E-state index is 11.9. The zero-order valence-corrected chi connectivity index (χ0v) is 12.2. The molecular formula is C16H24N2O2. The van der Waals surface area contributed by atoms with Crippen LogP contribution in [-0.4, -0.2) is 32.1 Å². The molecular weight excluding hydrogens is 252 g/mol. The molecule has 20 heavy (non-hydrogen) atoms. The van der Waals surface area contributed by atoms with Gasteiger partial charge in [0, 0.05) is 12.5 Å². The highest BCUT2D eigenvalue weighted by molar-refractivity contribution is 5.76. The SMILES string of the molecule is COc1ccc(CCCC(=O)NC2CCNCC2)cc1. The maximum Gasteiger partial charge on any atom is 0.220 e. The van der Waals surface area contributed by atoms with Gasteiger partial charge in [0.25, 0.3) is 0 Å². The fourth-order valence-electron chi connectivity index (χ4n) is 2.51. The Bertz CT molecular complexity index is 411. The van der Waals surface area contributed by atoms with Gasteiger partial charge in [0.2, 0.25) is 5.91 Å². The molecule has 0 unspecified atom stereocenters. The van der Waals surface area contributed by atoms with E-state index in [1.807, 2.05) is 12.1 Å². The minimum absolute atomic E-state index is 0.186. The molecule has 0 saturated carbocycles. The van der Waals surface area contributed by atoms with Crippen LogP contribution in [0.25, 0.3) is 0 Å². The van der Waals surface area contributed by atoms with Gasteiger partial charge < -0.3 is 15.4 Å². The molecule has 0 radical (unpaired) electrons. The second-order valence-corrected chi connectivity index (χ2v) is 5.29. The lowest BCUT2D eigenvalue weighted by Gasteiger charge is -2.23. The third kappa shape index (κ3) is 4.85. The third-order valence-corrected chi connectivity index (χ3v) is 3.73. The highest BCUT2D eigenvalue weighted by Crippen LogP contribution is 2.13. The quantitative estimate of drug-likeness (QED) is 0.834. The Morgan fingerprint density at radius 2 is 2.00 bits per heavy atom. The summed E-state index contributed by atoms with van der Waals surface area (Å²) in [6.07, 6.45) is 4.52. The van der Waals surface area contributed by atoms with E-state index in [2.05, 4.69) is 22.8 Å². The molecule has 0 spiro atoms. The summed E-state index contributed by atoms with van der Waals surface area (Å²) in [6, 6.07) is 8.41. The van der Waals surface area contributed by atoms with Gasteiger partial charge in [0.05, 0.1) is 7.11 Å². The molecule has 2 N–H and O–H groups in total. The molecule has 1 heterocycles. The molecule has 1 aliphatic rings. The fourth-order valence-corrected chi connectivity index (χ4v) is 2.51. The van der Waals surface area contributed by atoms with Crippen LogP contribution in [-0.2, 0) is 11.2 Å². The summed E-state index contributed by atoms with van der Waals surface area (Å²) in [6.45, 7) is 2.02. The monoisotopic (exact) mass is 276 g/mol. The second kappa shape index (κ2) is 7.90. The average Bonchev–Trinajstić information content (AvgIpc) is 2.49. The Balaban J connectivity index is 1.65. The van der Waals surface area contributed by atoms with Crippen LogP contribution in [0.1, 0.15) is 31.2 Å². The van der Waals surface area contributed by atoms with Crippen molar-refractivity contribution < 1.29 is 9.53 Å². The lowest BCUT2D eigenvalue weighted by atomic mass is 10.1. The normalized spacial score (nSPS) is 15.8. The third-order valence-electron chi connectivity index (χ3n) is 3.73. The topological polar surface area (TPSA) is 50.4 Å². The highest BCUT2D eigenvalue weighted by Gasteiger charge is 2.14. The van der Waals surface area contributed by atoms with Crippen LogP contribution in [0.2, 0.25) is 0 Å². The molecule has 0 aliphatic carbocycles. The van der Waals surface area contributed by atoms with E-state index in [-0.39, 0.29) is 5.91 Å². The van der Waals surface area contributed by atoms with E-state index in [9.17, 15) is 4.79 Å². The number of carbonyl (C=O) groups excluding carboxylic acids is 1. The van der Waals surface area contributed by atoms with E-state index in [1.165, 1.54) is 5.56 Å². The van der Waals surface area contributed by atoms with Crippen molar-refractivity contribution in [1.82, 2.24) is 10.6 Å². The molecule has 0 bridgehead atoms. The Hall–Kier alpha value is -1.55. The minimum Gasteiger partial charge on any atom is -0.497 e. The van der Waals surface area contributed by atoms with Crippen LogP contribution < -0.4 is 15.4 Å². The van der Waals surface area contributed by atoms with Gasteiger partial charge in [-0.15, -0.1) is 0 Å². The summed E-state index contributed by atoms with van der Waals surface area (Å²) in [5, 5.41) is 6.42. The number of hydrogen-bond donors (Lipinski definition) is 2. The number of benzene rings is 1. The molecule has 1 saturated heterocycles. The molecule has 0 atom stereocenters. The van der Waals surface area contributed by atoms with Crippen molar-refractivity contribution in [2.24, 2.45) is 0 Å². The number of ether oxygens (including phenoxy) is 1. The van der Waals surface area contributed by atoms with E-state index in [4.69, 9.17) is 4.74 Å². The van der Waals surface area contributed by atoms with Crippen LogP contribution in [0.4, 0.5) is 0 Å². The first-order valence-corrected chi connectivity index (χ1v) is 7.41. The molecule has 0 aromatic heterocycles. The molecule has 1 aromatic carbocycles. The number of hydrogen-bond acceptors (Lipinski definition) is 3. The number of carbonyl (C=O) groups is 1. The molecule has 1 fully saturated rings. The predicted molar refractivity (Wildman–Crippen MR) is 80.0 cm³/mol. The number of aryl methyl sites for hydroxylation is 1. The maximum atomic E-state index is 11.9. The number of methoxy groups -OCH3 is 1. The van der Waals surface area contributed by atoms with Gasteiger partial charge in [-0.2, -0.15) is 0 Å². The zero-order chi connectivity index (χ0) is 14.2. The Labute approximate surface area is 120 Å². The molecule has 1 aromatic rings. The summed E-state index contributed by atoms with van der Waals surface area (Å²) < 4.78 is 5.13. The van der Waals surface area contributed by atoms with Gasteiger partial charge in [-0.3, -0.25) is 4.79 Å². The van der Waals surface area contributed by atoms with Crippen molar-refractivity contribution in [2.75, 3.05) is 20.2 Å². The van der Waals surface area contributed by atoms with Gasteiger partial charge in [-0.05, 0) is 56.5 Å². The van der Waals surface area contributed by atoms with Crippen LogP contribution in [0.5, 0.6) is 5.75 Å². The van der Waals surface area contributed by atoms with Crippen molar-refractivity contribution in [1.29, 1.82) is 0 Å². The first-order valence-electron chi connectivity index (χ1n) is 7.41. The van der Waals surface area contributed by atoms with Gasteiger partial charge in [0.15, 0.2) is 0 Å². The average molecular weight is 276 g/mol. The molecule has 110 valence electrons. The molecule has 1 aliphatic heterocycles. The van der Waals surface area contributed by atoms with Gasteiger partial charge in [0.1, 0.15) is 5.75 Å². The lowest BCUT2D eigenvalue weighted by molar-refractivity contribution is -0.122. The van der Waals surface area contributed by atoms with Crippen molar-refractivity contribution in [2.45, 2.75) is 38.1 Å². The largest absolute Gasteiger partial charge is 0.497 e. The van der Waals surface area contributed by atoms with Crippen molar-refractivity contribution in [3.05, 3.63) is 29.8 Å². The number of piperidine rings is 1. The second-order valence-electron chi connectivity index (χ2n) is 5.29. The van der Waals surface area contributed by atoms with E-state index in [0.717, 1.165) is 44.5 Å². The summed E-state index contributed by atoms with van der Waals surface area (Å²) in [7, 11) is 1.67. The van der Waals surface area contributed by atoms with Crippen LogP contribution >= 0.6 is 0 Å². The first-order chi connectivity index (χ1) is 9.78. The summed E-state index contributed by atoms with van der Waals surface area (Å²) in [5.74, 6) is 1.06. The van der Waals surface area contributed by atoms with Gasteiger partial charge in [-0.1, -0.05) is 12.1 Å². The van der Waals surface area contributed by atoms with E-state index in [1.54, 1.807) is 7.11 Å². The van der Waals surface area contributed by atoms with Crippen LogP contribution in [0.3, 0.4) is 0 Å². The molecule has 4 nitrogen and oxygen atoms in total. The number of nitrogens with one attached hydrogen (secondary N) is 2. The van der Waals surface area contributed by atoms with Gasteiger partial charge >= 0.3 is 0 Å². The van der Waals surface area contributed by atoms with Crippen molar-refractivity contribution in [3.63, 3.8) is 0 Å².